The molecule has 1 amide bonds. The molecule has 6 nitrogen and oxygen atoms in total. The van der Waals surface area contributed by atoms with Crippen LogP contribution in [0.25, 0.3) is 0 Å². The third-order valence-electron chi connectivity index (χ3n) is 2.64. The first-order valence-corrected chi connectivity index (χ1v) is 6.09. The summed E-state index contributed by atoms with van der Waals surface area (Å²) in [4.78, 5) is 16.0. The summed E-state index contributed by atoms with van der Waals surface area (Å²) in [5.41, 5.74) is 0.703. The topological polar surface area (TPSA) is 75.6 Å². The third kappa shape index (κ3) is 2.97. The second kappa shape index (κ2) is 6.00. The number of amides is 1. The number of carbonyl (C=O) groups is 1. The lowest BCUT2D eigenvalue weighted by Crippen LogP contribution is -2.28. The Morgan fingerprint density at radius 3 is 3.17 bits per heavy atom. The van der Waals surface area contributed by atoms with Crippen LogP contribution in [0.2, 0.25) is 0 Å². The molecule has 2 aromatic rings. The lowest BCUT2D eigenvalue weighted by molar-refractivity contribution is 0.0944. The number of aromatic amines is 1. The maximum atomic E-state index is 12.0. The van der Waals surface area contributed by atoms with Crippen LogP contribution in [0.5, 0.6) is 0 Å². The van der Waals surface area contributed by atoms with E-state index in [1.54, 1.807) is 0 Å². The highest BCUT2D eigenvalue weighted by Gasteiger charge is 2.09. The smallest absolute Gasteiger partial charge is 0.267 e. The molecule has 0 atom stereocenters. The molecule has 0 bridgehead atoms. The first-order chi connectivity index (χ1) is 8.81. The molecule has 2 N–H and O–H groups in total. The van der Waals surface area contributed by atoms with Gasteiger partial charge in [0.05, 0.1) is 0 Å². The van der Waals surface area contributed by atoms with Crippen molar-refractivity contribution in [3.63, 3.8) is 0 Å². The van der Waals surface area contributed by atoms with Crippen molar-refractivity contribution in [3.8, 4) is 0 Å². The van der Waals surface area contributed by atoms with E-state index >= 15 is 0 Å². The third-order valence-corrected chi connectivity index (χ3v) is 2.64. The standard InChI is InChI=1S/C12H17N5O/c1-2-7-17-8-3-4-10(17)12(18)13-6-5-11-14-9-15-16-11/h3-4,8-9H,2,5-7H2,1H3,(H,13,18)(H,14,15,16). The van der Waals surface area contributed by atoms with Gasteiger partial charge < -0.3 is 9.88 Å². The van der Waals surface area contributed by atoms with Gasteiger partial charge in [0, 0.05) is 25.7 Å². The van der Waals surface area contributed by atoms with E-state index in [0.717, 1.165) is 18.8 Å². The van der Waals surface area contributed by atoms with Crippen LogP contribution < -0.4 is 5.32 Å². The first-order valence-electron chi connectivity index (χ1n) is 6.09. The van der Waals surface area contributed by atoms with Gasteiger partial charge in [0.15, 0.2) is 0 Å². The number of rotatable bonds is 6. The highest BCUT2D eigenvalue weighted by molar-refractivity contribution is 5.92. The average molecular weight is 247 g/mol. The Kier molecular flexibility index (Phi) is 4.11. The monoisotopic (exact) mass is 247 g/mol. The number of H-pyrrole nitrogens is 1. The minimum Gasteiger partial charge on any atom is -0.350 e. The summed E-state index contributed by atoms with van der Waals surface area (Å²) in [7, 11) is 0. The molecule has 0 aromatic carbocycles. The van der Waals surface area contributed by atoms with E-state index in [1.807, 2.05) is 22.9 Å². The van der Waals surface area contributed by atoms with Crippen molar-refractivity contribution in [2.75, 3.05) is 6.54 Å². The van der Waals surface area contributed by atoms with E-state index in [-0.39, 0.29) is 5.91 Å². The van der Waals surface area contributed by atoms with Crippen LogP contribution in [-0.2, 0) is 13.0 Å². The molecule has 0 aliphatic heterocycles. The fraction of sp³-hybridized carbons (Fsp3) is 0.417. The van der Waals surface area contributed by atoms with Crippen molar-refractivity contribution < 1.29 is 4.79 Å². The molecule has 96 valence electrons. The highest BCUT2D eigenvalue weighted by atomic mass is 16.1. The van der Waals surface area contributed by atoms with Gasteiger partial charge in [-0.15, -0.1) is 0 Å². The Balaban J connectivity index is 1.85. The minimum absolute atomic E-state index is 0.0482. The molecule has 2 aromatic heterocycles. The zero-order chi connectivity index (χ0) is 12.8. The molecule has 0 saturated heterocycles. The van der Waals surface area contributed by atoms with Gasteiger partial charge in [0.1, 0.15) is 17.8 Å². The lowest BCUT2D eigenvalue weighted by Gasteiger charge is -2.08. The second-order valence-electron chi connectivity index (χ2n) is 4.02. The van der Waals surface area contributed by atoms with Crippen LogP contribution in [0, 0.1) is 0 Å². The second-order valence-corrected chi connectivity index (χ2v) is 4.02. The molecule has 0 aliphatic rings. The molecule has 18 heavy (non-hydrogen) atoms. The first kappa shape index (κ1) is 12.3. The highest BCUT2D eigenvalue weighted by Crippen LogP contribution is 2.03. The molecule has 0 spiro atoms. The number of nitrogens with zero attached hydrogens (tertiary/aromatic N) is 3. The number of carbonyl (C=O) groups excluding carboxylic acids is 1. The molecular weight excluding hydrogens is 230 g/mol. The van der Waals surface area contributed by atoms with Crippen LogP contribution in [0.15, 0.2) is 24.7 Å². The summed E-state index contributed by atoms with van der Waals surface area (Å²) in [5.74, 6) is 0.729. The molecule has 0 radical (unpaired) electrons. The average Bonchev–Trinajstić information content (AvgIpc) is 3.00. The van der Waals surface area contributed by atoms with E-state index in [1.165, 1.54) is 6.33 Å². The lowest BCUT2D eigenvalue weighted by atomic mass is 10.3. The van der Waals surface area contributed by atoms with Crippen molar-refractivity contribution >= 4 is 5.91 Å². The number of hydrogen-bond donors (Lipinski definition) is 2. The van der Waals surface area contributed by atoms with E-state index in [9.17, 15) is 4.79 Å². The Bertz CT molecular complexity index is 488. The molecule has 0 saturated carbocycles. The van der Waals surface area contributed by atoms with Crippen LogP contribution in [0.4, 0.5) is 0 Å². The Hall–Kier alpha value is -2.11. The fourth-order valence-corrected chi connectivity index (χ4v) is 1.79. The van der Waals surface area contributed by atoms with Gasteiger partial charge in [-0.25, -0.2) is 4.98 Å². The molecule has 0 fully saturated rings. The number of nitrogens with one attached hydrogen (secondary N) is 2. The fourth-order valence-electron chi connectivity index (χ4n) is 1.79. The van der Waals surface area contributed by atoms with E-state index in [4.69, 9.17) is 0 Å². The summed E-state index contributed by atoms with van der Waals surface area (Å²) >= 11 is 0. The maximum absolute atomic E-state index is 12.0. The quantitative estimate of drug-likeness (QED) is 0.799. The zero-order valence-corrected chi connectivity index (χ0v) is 10.4. The predicted molar refractivity (Wildman–Crippen MR) is 67.1 cm³/mol. The molecule has 0 aliphatic carbocycles. The molecule has 2 rings (SSSR count). The van der Waals surface area contributed by atoms with Crippen molar-refractivity contribution in [3.05, 3.63) is 36.2 Å². The summed E-state index contributed by atoms with van der Waals surface area (Å²) in [6.45, 7) is 3.49. The van der Waals surface area contributed by atoms with Crippen LogP contribution >= 0.6 is 0 Å². The van der Waals surface area contributed by atoms with Gasteiger partial charge in [-0.1, -0.05) is 6.92 Å². The Morgan fingerprint density at radius 1 is 1.56 bits per heavy atom. The van der Waals surface area contributed by atoms with E-state index < -0.39 is 0 Å². The maximum Gasteiger partial charge on any atom is 0.267 e. The Morgan fingerprint density at radius 2 is 2.44 bits per heavy atom. The zero-order valence-electron chi connectivity index (χ0n) is 10.4. The van der Waals surface area contributed by atoms with Gasteiger partial charge in [-0.3, -0.25) is 9.89 Å². The van der Waals surface area contributed by atoms with Crippen molar-refractivity contribution in [1.82, 2.24) is 25.1 Å². The van der Waals surface area contributed by atoms with Gasteiger partial charge in [-0.2, -0.15) is 5.10 Å². The predicted octanol–water partition coefficient (Wildman–Crippen LogP) is 0.989. The number of aromatic nitrogens is 4. The van der Waals surface area contributed by atoms with E-state index in [2.05, 4.69) is 27.4 Å². The van der Waals surface area contributed by atoms with Crippen LogP contribution in [0.3, 0.4) is 0 Å². The van der Waals surface area contributed by atoms with Gasteiger partial charge in [0.25, 0.3) is 5.91 Å². The van der Waals surface area contributed by atoms with Crippen molar-refractivity contribution in [2.45, 2.75) is 26.3 Å². The molecular formula is C12H17N5O. The summed E-state index contributed by atoms with van der Waals surface area (Å²) < 4.78 is 1.96. The van der Waals surface area contributed by atoms with Crippen molar-refractivity contribution in [2.24, 2.45) is 0 Å². The molecule has 6 heteroatoms. The SMILES string of the molecule is CCCn1cccc1C(=O)NCCc1ncn[nH]1. The normalized spacial score (nSPS) is 10.5. The van der Waals surface area contributed by atoms with E-state index in [0.29, 0.717) is 18.7 Å². The Labute approximate surface area is 105 Å². The van der Waals surface area contributed by atoms with Gasteiger partial charge in [0.2, 0.25) is 0 Å². The summed E-state index contributed by atoms with van der Waals surface area (Å²) in [6.07, 6.45) is 5.05. The van der Waals surface area contributed by atoms with Crippen LogP contribution in [0.1, 0.15) is 29.7 Å². The van der Waals surface area contributed by atoms with Crippen LogP contribution in [-0.4, -0.2) is 32.2 Å². The van der Waals surface area contributed by atoms with Gasteiger partial charge >= 0.3 is 0 Å². The molecule has 0 unspecified atom stereocenters. The minimum atomic E-state index is -0.0482. The number of hydrogen-bond acceptors (Lipinski definition) is 3. The molecule has 2 heterocycles. The summed E-state index contributed by atoms with van der Waals surface area (Å²) in [6, 6.07) is 3.72. The largest absolute Gasteiger partial charge is 0.350 e. The number of aryl methyl sites for hydroxylation is 1. The van der Waals surface area contributed by atoms with Crippen molar-refractivity contribution in [1.29, 1.82) is 0 Å². The summed E-state index contributed by atoms with van der Waals surface area (Å²) in [5, 5.41) is 9.39. The van der Waals surface area contributed by atoms with Gasteiger partial charge in [-0.05, 0) is 18.6 Å².